The molecule has 0 saturated heterocycles. The van der Waals surface area contributed by atoms with Crippen LogP contribution in [-0.2, 0) is 6.42 Å². The van der Waals surface area contributed by atoms with Gasteiger partial charge in [-0.3, -0.25) is 0 Å². The van der Waals surface area contributed by atoms with Crippen LogP contribution in [0.5, 0.6) is 0 Å². The number of anilines is 1. The number of fused-ring (bicyclic) bond motifs is 2. The largest absolute Gasteiger partial charge is 0.422 e. The molecule has 0 fully saturated rings. The fourth-order valence-corrected chi connectivity index (χ4v) is 3.39. The Bertz CT molecular complexity index is 1060. The van der Waals surface area contributed by atoms with E-state index in [1.54, 1.807) is 18.2 Å². The van der Waals surface area contributed by atoms with Crippen molar-refractivity contribution in [1.29, 1.82) is 5.26 Å². The zero-order chi connectivity index (χ0) is 16.7. The van der Waals surface area contributed by atoms with E-state index < -0.39 is 0 Å². The minimum Gasteiger partial charge on any atom is -0.422 e. The molecular weight excluding hydrogens is 300 g/mol. The summed E-state index contributed by atoms with van der Waals surface area (Å²) < 4.78 is 5.59. The minimum atomic E-state index is -0.370. The zero-order valence-electron chi connectivity index (χ0n) is 13.3. The van der Waals surface area contributed by atoms with Gasteiger partial charge in [0.15, 0.2) is 0 Å². The lowest BCUT2D eigenvalue weighted by Crippen LogP contribution is -2.12. The van der Waals surface area contributed by atoms with Gasteiger partial charge in [0.25, 0.3) is 0 Å². The number of hydrogen-bond donors (Lipinski definition) is 1. The molecule has 4 nitrogen and oxygen atoms in total. The van der Waals surface area contributed by atoms with Gasteiger partial charge in [0.1, 0.15) is 5.58 Å². The van der Waals surface area contributed by atoms with Gasteiger partial charge in [-0.05, 0) is 54.7 Å². The lowest BCUT2D eigenvalue weighted by molar-refractivity contribution is 0.562. The first-order valence-corrected chi connectivity index (χ1v) is 8.02. The molecule has 3 aromatic rings. The van der Waals surface area contributed by atoms with E-state index in [0.717, 1.165) is 41.6 Å². The summed E-state index contributed by atoms with van der Waals surface area (Å²) in [4.78, 5) is 12.6. The SMILES string of the molecule is Cc1c(-c2cccc(C#N)c2)c(=O)oc2cc3c(cc12)CCCN3. The molecule has 0 aliphatic carbocycles. The summed E-state index contributed by atoms with van der Waals surface area (Å²) >= 11 is 0. The molecule has 0 unspecified atom stereocenters. The number of nitrogens with one attached hydrogen (secondary N) is 1. The molecule has 4 heteroatoms. The Hall–Kier alpha value is -3.06. The maximum Gasteiger partial charge on any atom is 0.344 e. The molecule has 1 aromatic heterocycles. The highest BCUT2D eigenvalue weighted by Gasteiger charge is 2.17. The van der Waals surface area contributed by atoms with Crippen molar-refractivity contribution in [3.8, 4) is 17.2 Å². The van der Waals surface area contributed by atoms with Gasteiger partial charge in [-0.2, -0.15) is 5.26 Å². The quantitative estimate of drug-likeness (QED) is 0.689. The third-order valence-corrected chi connectivity index (χ3v) is 4.61. The molecule has 0 spiro atoms. The van der Waals surface area contributed by atoms with Crippen molar-refractivity contribution in [2.45, 2.75) is 19.8 Å². The topological polar surface area (TPSA) is 66.0 Å². The summed E-state index contributed by atoms with van der Waals surface area (Å²) in [6.07, 6.45) is 2.13. The van der Waals surface area contributed by atoms with Crippen LogP contribution in [0, 0.1) is 18.3 Å². The Balaban J connectivity index is 2.00. The van der Waals surface area contributed by atoms with E-state index in [1.807, 2.05) is 19.1 Å². The summed E-state index contributed by atoms with van der Waals surface area (Å²) in [5.41, 5.74) is 5.21. The molecular formula is C20H16N2O2. The van der Waals surface area contributed by atoms with E-state index in [2.05, 4.69) is 17.5 Å². The predicted octanol–water partition coefficient (Wildman–Crippen LogP) is 4.00. The van der Waals surface area contributed by atoms with Crippen molar-refractivity contribution < 1.29 is 4.42 Å². The third-order valence-electron chi connectivity index (χ3n) is 4.61. The Morgan fingerprint density at radius 3 is 2.96 bits per heavy atom. The van der Waals surface area contributed by atoms with Crippen LogP contribution in [0.4, 0.5) is 5.69 Å². The predicted molar refractivity (Wildman–Crippen MR) is 94.2 cm³/mol. The molecule has 24 heavy (non-hydrogen) atoms. The van der Waals surface area contributed by atoms with Gasteiger partial charge in [0, 0.05) is 23.7 Å². The molecule has 4 rings (SSSR count). The first kappa shape index (κ1) is 14.5. The summed E-state index contributed by atoms with van der Waals surface area (Å²) in [6, 6.07) is 13.2. The van der Waals surface area contributed by atoms with Crippen LogP contribution in [0.25, 0.3) is 22.1 Å². The van der Waals surface area contributed by atoms with Crippen LogP contribution < -0.4 is 10.9 Å². The van der Waals surface area contributed by atoms with Crippen LogP contribution in [0.2, 0.25) is 0 Å². The lowest BCUT2D eigenvalue weighted by atomic mass is 9.95. The molecule has 118 valence electrons. The standard InChI is InChI=1S/C20H16N2O2/c1-12-16-9-14-6-3-7-22-17(14)10-18(16)24-20(23)19(12)15-5-2-4-13(8-15)11-21/h2,4-5,8-10,22H,3,6-7H2,1H3. The Morgan fingerprint density at radius 1 is 1.25 bits per heavy atom. The number of hydrogen-bond acceptors (Lipinski definition) is 4. The maximum absolute atomic E-state index is 12.6. The van der Waals surface area contributed by atoms with E-state index in [4.69, 9.17) is 9.68 Å². The third kappa shape index (κ3) is 2.26. The Morgan fingerprint density at radius 2 is 2.12 bits per heavy atom. The molecule has 0 saturated carbocycles. The van der Waals surface area contributed by atoms with Crippen molar-refractivity contribution in [1.82, 2.24) is 0 Å². The van der Waals surface area contributed by atoms with Crippen molar-refractivity contribution in [2.75, 3.05) is 11.9 Å². The number of rotatable bonds is 1. The fourth-order valence-electron chi connectivity index (χ4n) is 3.39. The van der Waals surface area contributed by atoms with Crippen molar-refractivity contribution in [3.63, 3.8) is 0 Å². The lowest BCUT2D eigenvalue weighted by Gasteiger charge is -2.19. The normalized spacial score (nSPS) is 13.2. The van der Waals surface area contributed by atoms with Gasteiger partial charge in [0.05, 0.1) is 17.2 Å². The second kappa shape index (κ2) is 5.54. The Kier molecular flexibility index (Phi) is 3.35. The van der Waals surface area contributed by atoms with Crippen LogP contribution >= 0.6 is 0 Å². The van der Waals surface area contributed by atoms with Gasteiger partial charge in [0.2, 0.25) is 0 Å². The van der Waals surface area contributed by atoms with E-state index in [9.17, 15) is 4.79 Å². The molecule has 0 radical (unpaired) electrons. The highest BCUT2D eigenvalue weighted by atomic mass is 16.4. The number of benzene rings is 2. The number of nitriles is 1. The molecule has 1 N–H and O–H groups in total. The molecule has 2 heterocycles. The van der Waals surface area contributed by atoms with E-state index in [-0.39, 0.29) is 5.63 Å². The summed E-state index contributed by atoms with van der Waals surface area (Å²) in [5.74, 6) is 0. The van der Waals surface area contributed by atoms with Crippen molar-refractivity contribution in [3.05, 3.63) is 63.5 Å². The van der Waals surface area contributed by atoms with Crippen molar-refractivity contribution >= 4 is 16.7 Å². The molecule has 1 aliphatic heterocycles. The molecule has 0 bridgehead atoms. The Labute approximate surface area is 139 Å². The van der Waals surface area contributed by atoms with E-state index >= 15 is 0 Å². The van der Waals surface area contributed by atoms with Gasteiger partial charge in [-0.15, -0.1) is 0 Å². The van der Waals surface area contributed by atoms with Crippen LogP contribution in [0.15, 0.2) is 45.6 Å². The van der Waals surface area contributed by atoms with Gasteiger partial charge in [-0.25, -0.2) is 4.79 Å². The van der Waals surface area contributed by atoms with E-state index in [0.29, 0.717) is 16.7 Å². The smallest absolute Gasteiger partial charge is 0.344 e. The molecule has 0 amide bonds. The highest BCUT2D eigenvalue weighted by Crippen LogP contribution is 2.32. The number of aryl methyl sites for hydroxylation is 2. The molecule has 1 aliphatic rings. The second-order valence-corrected chi connectivity index (χ2v) is 6.12. The van der Waals surface area contributed by atoms with Crippen LogP contribution in [0.3, 0.4) is 0 Å². The van der Waals surface area contributed by atoms with Gasteiger partial charge < -0.3 is 9.73 Å². The summed E-state index contributed by atoms with van der Waals surface area (Å²) in [7, 11) is 0. The number of nitrogens with zero attached hydrogens (tertiary/aromatic N) is 1. The summed E-state index contributed by atoms with van der Waals surface area (Å²) in [5, 5.41) is 13.4. The second-order valence-electron chi connectivity index (χ2n) is 6.12. The first-order chi connectivity index (χ1) is 11.7. The maximum atomic E-state index is 12.6. The first-order valence-electron chi connectivity index (χ1n) is 8.02. The highest BCUT2D eigenvalue weighted by molar-refractivity contribution is 5.90. The summed E-state index contributed by atoms with van der Waals surface area (Å²) in [6.45, 7) is 2.89. The fraction of sp³-hybridized carbons (Fsp3) is 0.200. The van der Waals surface area contributed by atoms with Crippen LogP contribution in [-0.4, -0.2) is 6.54 Å². The van der Waals surface area contributed by atoms with Crippen LogP contribution in [0.1, 0.15) is 23.1 Å². The minimum absolute atomic E-state index is 0.370. The van der Waals surface area contributed by atoms with E-state index in [1.165, 1.54) is 5.56 Å². The van der Waals surface area contributed by atoms with Gasteiger partial charge >= 0.3 is 5.63 Å². The molecule has 0 atom stereocenters. The molecule has 2 aromatic carbocycles. The van der Waals surface area contributed by atoms with Crippen molar-refractivity contribution in [2.24, 2.45) is 0 Å². The monoisotopic (exact) mass is 316 g/mol. The average Bonchev–Trinajstić information content (AvgIpc) is 2.60. The van der Waals surface area contributed by atoms with Gasteiger partial charge in [-0.1, -0.05) is 12.1 Å². The zero-order valence-corrected chi connectivity index (χ0v) is 13.3. The average molecular weight is 316 g/mol.